The van der Waals surface area contributed by atoms with E-state index in [1.807, 2.05) is 36.4 Å². The van der Waals surface area contributed by atoms with Gasteiger partial charge in [-0.2, -0.15) is 0 Å². The van der Waals surface area contributed by atoms with Gasteiger partial charge in [0.15, 0.2) is 5.60 Å². The molecule has 4 heteroatoms. The van der Waals surface area contributed by atoms with E-state index >= 15 is 0 Å². The lowest BCUT2D eigenvalue weighted by Gasteiger charge is -2.36. The fraction of sp³-hybridized carbons (Fsp3) is 0.217. The highest BCUT2D eigenvalue weighted by Gasteiger charge is 2.44. The maximum absolute atomic E-state index is 13.2. The fourth-order valence-corrected chi connectivity index (χ4v) is 3.81. The van der Waals surface area contributed by atoms with Gasteiger partial charge in [0.1, 0.15) is 0 Å². The van der Waals surface area contributed by atoms with Crippen LogP contribution in [0.4, 0.5) is 0 Å². The Labute approximate surface area is 158 Å². The molecule has 3 aromatic carbocycles. The normalized spacial score (nSPS) is 18.7. The number of fused-ring (bicyclic) bond motifs is 2. The van der Waals surface area contributed by atoms with Crippen molar-refractivity contribution in [2.45, 2.75) is 25.5 Å². The van der Waals surface area contributed by atoms with Gasteiger partial charge in [-0.25, -0.2) is 4.79 Å². The largest absolute Gasteiger partial charge is 0.445 e. The molecule has 0 bridgehead atoms. The van der Waals surface area contributed by atoms with Crippen molar-refractivity contribution in [2.75, 3.05) is 7.05 Å². The van der Waals surface area contributed by atoms with Crippen LogP contribution in [0.25, 0.3) is 10.8 Å². The average Bonchev–Trinajstić information content (AvgIpc) is 2.67. The maximum Gasteiger partial charge on any atom is 0.339 e. The third kappa shape index (κ3) is 3.08. The van der Waals surface area contributed by atoms with Crippen molar-refractivity contribution in [1.82, 2.24) is 4.90 Å². The quantitative estimate of drug-likeness (QED) is 0.665. The van der Waals surface area contributed by atoms with E-state index in [-0.39, 0.29) is 5.91 Å². The summed E-state index contributed by atoms with van der Waals surface area (Å²) in [7, 11) is 1.75. The van der Waals surface area contributed by atoms with Crippen LogP contribution in [-0.4, -0.2) is 29.4 Å². The predicted octanol–water partition coefficient (Wildman–Crippen LogP) is 3.97. The van der Waals surface area contributed by atoms with E-state index in [2.05, 4.69) is 18.2 Å². The van der Waals surface area contributed by atoms with E-state index in [0.717, 1.165) is 21.9 Å². The van der Waals surface area contributed by atoms with Gasteiger partial charge in [-0.3, -0.25) is 4.79 Å². The number of hydrogen-bond donors (Lipinski definition) is 0. The van der Waals surface area contributed by atoms with Gasteiger partial charge in [0.05, 0.1) is 5.56 Å². The van der Waals surface area contributed by atoms with Crippen LogP contribution in [0.2, 0.25) is 0 Å². The summed E-state index contributed by atoms with van der Waals surface area (Å²) < 4.78 is 5.58. The van der Waals surface area contributed by atoms with E-state index < -0.39 is 11.6 Å². The fourth-order valence-electron chi connectivity index (χ4n) is 3.81. The summed E-state index contributed by atoms with van der Waals surface area (Å²) in [6.07, 6.45) is 0.383. The maximum atomic E-state index is 13.2. The molecule has 27 heavy (non-hydrogen) atoms. The van der Waals surface area contributed by atoms with Gasteiger partial charge < -0.3 is 9.64 Å². The molecule has 1 atom stereocenters. The number of ether oxygens (including phenoxy) is 1. The summed E-state index contributed by atoms with van der Waals surface area (Å²) in [4.78, 5) is 27.2. The predicted molar refractivity (Wildman–Crippen MR) is 104 cm³/mol. The molecule has 4 rings (SSSR count). The first-order valence-electron chi connectivity index (χ1n) is 9.01. The van der Waals surface area contributed by atoms with Crippen LogP contribution in [0.3, 0.4) is 0 Å². The summed E-state index contributed by atoms with van der Waals surface area (Å²) in [6, 6.07) is 21.5. The number of rotatable bonds is 3. The van der Waals surface area contributed by atoms with Gasteiger partial charge in [-0.05, 0) is 34.9 Å². The van der Waals surface area contributed by atoms with Gasteiger partial charge in [0.25, 0.3) is 5.91 Å². The highest BCUT2D eigenvalue weighted by atomic mass is 16.6. The number of likely N-dealkylation sites (N-methyl/N-ethyl adjacent to an activating group) is 1. The van der Waals surface area contributed by atoms with Crippen molar-refractivity contribution in [3.05, 3.63) is 83.4 Å². The first-order chi connectivity index (χ1) is 13.0. The Kier molecular flexibility index (Phi) is 4.19. The Morgan fingerprint density at radius 3 is 2.59 bits per heavy atom. The Bertz CT molecular complexity index is 1040. The molecule has 1 aliphatic rings. The summed E-state index contributed by atoms with van der Waals surface area (Å²) >= 11 is 0. The molecule has 0 N–H and O–H groups in total. The van der Waals surface area contributed by atoms with Crippen molar-refractivity contribution in [3.63, 3.8) is 0 Å². The number of carbonyl (C=O) groups excluding carboxylic acids is 2. The van der Waals surface area contributed by atoms with Crippen LogP contribution in [0, 0.1) is 0 Å². The van der Waals surface area contributed by atoms with Crippen LogP contribution in [0.15, 0.2) is 66.7 Å². The molecule has 0 saturated carbocycles. The molecule has 1 unspecified atom stereocenters. The molecule has 0 aliphatic carbocycles. The Hall–Kier alpha value is -3.14. The summed E-state index contributed by atoms with van der Waals surface area (Å²) in [5, 5.41) is 2.26. The lowest BCUT2D eigenvalue weighted by atomic mass is 9.89. The second kappa shape index (κ2) is 6.54. The number of hydrogen-bond acceptors (Lipinski definition) is 3. The molecule has 1 heterocycles. The minimum absolute atomic E-state index is 0.196. The smallest absolute Gasteiger partial charge is 0.339 e. The van der Waals surface area contributed by atoms with E-state index in [4.69, 9.17) is 4.74 Å². The van der Waals surface area contributed by atoms with Crippen molar-refractivity contribution in [2.24, 2.45) is 0 Å². The summed E-state index contributed by atoms with van der Waals surface area (Å²) in [5.74, 6) is -0.635. The third-order valence-electron chi connectivity index (χ3n) is 5.17. The zero-order valence-corrected chi connectivity index (χ0v) is 15.4. The van der Waals surface area contributed by atoms with Crippen molar-refractivity contribution in [1.29, 1.82) is 0 Å². The highest BCUT2D eigenvalue weighted by molar-refractivity contribution is 5.97. The number of nitrogens with zero attached hydrogens (tertiary/aromatic N) is 1. The minimum atomic E-state index is -1.19. The number of benzene rings is 3. The molecule has 1 amide bonds. The van der Waals surface area contributed by atoms with E-state index in [9.17, 15) is 9.59 Å². The molecular formula is C23H21NO3. The molecule has 0 radical (unpaired) electrons. The van der Waals surface area contributed by atoms with Gasteiger partial charge in [0, 0.05) is 20.0 Å². The van der Waals surface area contributed by atoms with Crippen molar-refractivity contribution < 1.29 is 14.3 Å². The van der Waals surface area contributed by atoms with E-state index in [0.29, 0.717) is 18.5 Å². The molecular weight excluding hydrogens is 338 g/mol. The molecule has 0 spiro atoms. The number of cyclic esters (lactones) is 1. The van der Waals surface area contributed by atoms with Crippen LogP contribution in [-0.2, 0) is 22.5 Å². The topological polar surface area (TPSA) is 46.6 Å². The lowest BCUT2D eigenvalue weighted by Crippen LogP contribution is -2.51. The zero-order chi connectivity index (χ0) is 19.0. The summed E-state index contributed by atoms with van der Waals surface area (Å²) in [5.41, 5.74) is 1.27. The SMILES string of the molecule is CN(Cc1cccc2ccccc12)C(=O)C1(C)Cc2ccccc2C(=O)O1. The number of amides is 1. The zero-order valence-electron chi connectivity index (χ0n) is 15.4. The third-order valence-corrected chi connectivity index (χ3v) is 5.17. The Morgan fingerprint density at radius 2 is 1.74 bits per heavy atom. The molecule has 0 fully saturated rings. The molecule has 0 aromatic heterocycles. The van der Waals surface area contributed by atoms with Gasteiger partial charge in [-0.1, -0.05) is 60.7 Å². The number of carbonyl (C=O) groups is 2. The van der Waals surface area contributed by atoms with Gasteiger partial charge >= 0.3 is 5.97 Å². The average molecular weight is 359 g/mol. The summed E-state index contributed by atoms with van der Waals surface area (Å²) in [6.45, 7) is 2.15. The minimum Gasteiger partial charge on any atom is -0.445 e. The monoisotopic (exact) mass is 359 g/mol. The number of esters is 1. The molecule has 3 aromatic rings. The van der Waals surface area contributed by atoms with Crippen LogP contribution in [0.1, 0.15) is 28.4 Å². The highest BCUT2D eigenvalue weighted by Crippen LogP contribution is 2.30. The molecule has 0 saturated heterocycles. The van der Waals surface area contributed by atoms with Crippen LogP contribution in [0.5, 0.6) is 0 Å². The first-order valence-corrected chi connectivity index (χ1v) is 9.01. The van der Waals surface area contributed by atoms with Crippen LogP contribution >= 0.6 is 0 Å². The molecule has 1 aliphatic heterocycles. The van der Waals surface area contributed by atoms with Gasteiger partial charge in [-0.15, -0.1) is 0 Å². The standard InChI is InChI=1S/C23H21NO3/c1-23(14-17-9-4-6-13-20(17)21(25)27-23)22(26)24(2)15-18-11-7-10-16-8-3-5-12-19(16)18/h3-13H,14-15H2,1-2H3. The van der Waals surface area contributed by atoms with Crippen LogP contribution < -0.4 is 0 Å². The van der Waals surface area contributed by atoms with E-state index in [1.54, 1.807) is 31.0 Å². The van der Waals surface area contributed by atoms with Gasteiger partial charge in [0.2, 0.25) is 0 Å². The molecule has 136 valence electrons. The van der Waals surface area contributed by atoms with Crippen molar-refractivity contribution >= 4 is 22.6 Å². The lowest BCUT2D eigenvalue weighted by molar-refractivity contribution is -0.150. The van der Waals surface area contributed by atoms with Crippen molar-refractivity contribution in [3.8, 4) is 0 Å². The molecule has 4 nitrogen and oxygen atoms in total. The van der Waals surface area contributed by atoms with E-state index in [1.165, 1.54) is 0 Å². The second-order valence-corrected chi connectivity index (χ2v) is 7.25. The first kappa shape index (κ1) is 17.3. The second-order valence-electron chi connectivity index (χ2n) is 7.25. The Morgan fingerprint density at radius 1 is 1.04 bits per heavy atom. The Balaban J connectivity index is 1.60.